The van der Waals surface area contributed by atoms with Crippen molar-refractivity contribution < 1.29 is 22.5 Å². The van der Waals surface area contributed by atoms with Gasteiger partial charge in [0.05, 0.1) is 11.2 Å². The average molecular weight is 276 g/mol. The Morgan fingerprint density at radius 3 is 1.84 bits per heavy atom. The van der Waals surface area contributed by atoms with Gasteiger partial charge in [0.2, 0.25) is 6.43 Å². The van der Waals surface area contributed by atoms with Gasteiger partial charge in [-0.25, -0.2) is 13.2 Å². The molecule has 0 spiro atoms. The molecule has 0 aromatic rings. The van der Waals surface area contributed by atoms with E-state index in [1.165, 1.54) is 6.92 Å². The van der Waals surface area contributed by atoms with Gasteiger partial charge >= 0.3 is 7.12 Å². The summed E-state index contributed by atoms with van der Waals surface area (Å²) in [5.74, 6) is 0. The number of hydrogen-bond acceptors (Lipinski definition) is 2. The van der Waals surface area contributed by atoms with Crippen LogP contribution < -0.4 is 0 Å². The summed E-state index contributed by atoms with van der Waals surface area (Å²) in [5, 5.41) is 0. The van der Waals surface area contributed by atoms with Gasteiger partial charge in [-0.15, -0.1) is 0 Å². The second-order valence-corrected chi connectivity index (χ2v) is 6.85. The highest BCUT2D eigenvalue weighted by Gasteiger charge is 2.55. The summed E-state index contributed by atoms with van der Waals surface area (Å²) < 4.78 is 50.8. The van der Waals surface area contributed by atoms with Crippen LogP contribution in [0.2, 0.25) is 0 Å². The van der Waals surface area contributed by atoms with Gasteiger partial charge in [-0.1, -0.05) is 6.92 Å². The molecule has 2 aliphatic rings. The van der Waals surface area contributed by atoms with Crippen molar-refractivity contribution in [3.05, 3.63) is 11.3 Å². The maximum atomic E-state index is 14.2. The Morgan fingerprint density at radius 2 is 1.47 bits per heavy atom. The summed E-state index contributed by atoms with van der Waals surface area (Å²) in [4.78, 5) is 0. The van der Waals surface area contributed by atoms with Crippen molar-refractivity contribution in [3.8, 4) is 0 Å². The van der Waals surface area contributed by atoms with E-state index in [0.29, 0.717) is 5.57 Å². The molecule has 1 saturated carbocycles. The first-order valence-corrected chi connectivity index (χ1v) is 6.50. The molecule has 0 N–H and O–H groups in total. The molecule has 1 aliphatic carbocycles. The van der Waals surface area contributed by atoms with Crippen LogP contribution in [0, 0.1) is 5.41 Å². The van der Waals surface area contributed by atoms with E-state index in [9.17, 15) is 13.2 Å². The number of alkyl halides is 2. The van der Waals surface area contributed by atoms with Crippen molar-refractivity contribution in [1.82, 2.24) is 0 Å². The maximum absolute atomic E-state index is 14.2. The topological polar surface area (TPSA) is 18.5 Å². The van der Waals surface area contributed by atoms with E-state index < -0.39 is 35.9 Å². The first-order valence-electron chi connectivity index (χ1n) is 6.50. The first-order chi connectivity index (χ1) is 8.48. The Kier molecular flexibility index (Phi) is 3.34. The monoisotopic (exact) mass is 276 g/mol. The van der Waals surface area contributed by atoms with Crippen molar-refractivity contribution in [1.29, 1.82) is 0 Å². The number of allylic oxidation sites excluding steroid dienone is 1. The second-order valence-electron chi connectivity index (χ2n) is 6.85. The van der Waals surface area contributed by atoms with Crippen LogP contribution in [0.3, 0.4) is 0 Å². The van der Waals surface area contributed by atoms with Gasteiger partial charge in [-0.3, -0.25) is 0 Å². The number of halogens is 3. The van der Waals surface area contributed by atoms with Gasteiger partial charge in [0.15, 0.2) is 0 Å². The molecule has 1 saturated heterocycles. The molecule has 0 radical (unpaired) electrons. The molecule has 2 rings (SSSR count). The molecule has 1 heterocycles. The summed E-state index contributed by atoms with van der Waals surface area (Å²) in [6, 6.07) is 0. The predicted molar refractivity (Wildman–Crippen MR) is 67.6 cm³/mol. The fraction of sp³-hybridized carbons (Fsp3) is 0.846. The molecule has 108 valence electrons. The van der Waals surface area contributed by atoms with Crippen LogP contribution >= 0.6 is 0 Å². The molecule has 0 amide bonds. The molecule has 0 aromatic carbocycles. The van der Waals surface area contributed by atoms with Crippen LogP contribution in [0.25, 0.3) is 0 Å². The third kappa shape index (κ3) is 2.33. The highest BCUT2D eigenvalue weighted by Crippen LogP contribution is 2.51. The number of rotatable bonds is 2. The summed E-state index contributed by atoms with van der Waals surface area (Å²) in [5.41, 5.74) is -2.48. The Hall–Kier alpha value is -0.485. The lowest BCUT2D eigenvalue weighted by Crippen LogP contribution is -2.41. The smallest absolute Gasteiger partial charge is 0.398 e. The van der Waals surface area contributed by atoms with Crippen LogP contribution in [-0.4, -0.2) is 24.7 Å². The van der Waals surface area contributed by atoms with E-state index in [1.807, 2.05) is 27.7 Å². The molecule has 19 heavy (non-hydrogen) atoms. The van der Waals surface area contributed by atoms with Gasteiger partial charge in [0, 0.05) is 5.41 Å². The molecule has 0 aromatic heterocycles. The van der Waals surface area contributed by atoms with Gasteiger partial charge < -0.3 is 9.31 Å². The minimum absolute atomic E-state index is 0.0700. The van der Waals surface area contributed by atoms with Gasteiger partial charge in [0.25, 0.3) is 0 Å². The molecule has 0 unspecified atom stereocenters. The van der Waals surface area contributed by atoms with Gasteiger partial charge in [-0.05, 0) is 46.1 Å². The van der Waals surface area contributed by atoms with Gasteiger partial charge in [0.1, 0.15) is 5.73 Å². The molecular formula is C13H20BF3O2. The predicted octanol–water partition coefficient (Wildman–Crippen LogP) is 3.91. The molecule has 6 heteroatoms. The molecule has 2 nitrogen and oxygen atoms in total. The van der Waals surface area contributed by atoms with Crippen LogP contribution in [-0.2, 0) is 9.31 Å². The SMILES string of the molecule is CC1(C(F)F)CC(=C(F)B2OC(C)(C)C(C)(C)O2)C1. The molecule has 0 atom stereocenters. The zero-order valence-electron chi connectivity index (χ0n) is 12.0. The van der Waals surface area contributed by atoms with Crippen molar-refractivity contribution in [2.75, 3.05) is 0 Å². The van der Waals surface area contributed by atoms with Gasteiger partial charge in [-0.2, -0.15) is 0 Å². The van der Waals surface area contributed by atoms with Crippen LogP contribution in [0.1, 0.15) is 47.5 Å². The fourth-order valence-corrected chi connectivity index (χ4v) is 2.36. The summed E-state index contributed by atoms with van der Waals surface area (Å²) in [6.07, 6.45) is -2.29. The van der Waals surface area contributed by atoms with E-state index in [-0.39, 0.29) is 12.8 Å². The Balaban J connectivity index is 2.10. The van der Waals surface area contributed by atoms with E-state index in [1.54, 1.807) is 0 Å². The van der Waals surface area contributed by atoms with E-state index >= 15 is 0 Å². The average Bonchev–Trinajstić information content (AvgIpc) is 2.42. The lowest BCUT2D eigenvalue weighted by atomic mass is 9.63. The Morgan fingerprint density at radius 1 is 1.05 bits per heavy atom. The zero-order chi connectivity index (χ0) is 14.6. The first kappa shape index (κ1) is 14.9. The standard InChI is InChI=1S/C13H20BF3O2/c1-11(2)12(3,4)19-14(18-11)9(15)8-6-13(5,7-8)10(16)17/h10H,6-7H2,1-5H3. The minimum Gasteiger partial charge on any atom is -0.398 e. The lowest BCUT2D eigenvalue weighted by Gasteiger charge is -2.40. The third-order valence-corrected chi connectivity index (χ3v) is 4.56. The summed E-state index contributed by atoms with van der Waals surface area (Å²) in [7, 11) is -1.07. The quantitative estimate of drug-likeness (QED) is 0.712. The molecule has 1 aliphatic heterocycles. The van der Waals surface area contributed by atoms with Crippen molar-refractivity contribution >= 4 is 7.12 Å². The van der Waals surface area contributed by atoms with E-state index in [4.69, 9.17) is 9.31 Å². The van der Waals surface area contributed by atoms with Crippen molar-refractivity contribution in [2.45, 2.75) is 65.1 Å². The zero-order valence-corrected chi connectivity index (χ0v) is 12.0. The summed E-state index contributed by atoms with van der Waals surface area (Å²) >= 11 is 0. The molecule has 2 fully saturated rings. The molecular weight excluding hydrogens is 256 g/mol. The van der Waals surface area contributed by atoms with E-state index in [0.717, 1.165) is 0 Å². The highest BCUT2D eigenvalue weighted by atomic mass is 19.3. The minimum atomic E-state index is -2.43. The largest absolute Gasteiger partial charge is 0.525 e. The molecule has 0 bridgehead atoms. The fourth-order valence-electron chi connectivity index (χ4n) is 2.36. The Labute approximate surface area is 112 Å². The van der Waals surface area contributed by atoms with Crippen LogP contribution in [0.15, 0.2) is 11.3 Å². The van der Waals surface area contributed by atoms with Crippen molar-refractivity contribution in [2.24, 2.45) is 5.41 Å². The second kappa shape index (κ2) is 4.25. The van der Waals surface area contributed by atoms with Crippen molar-refractivity contribution in [3.63, 3.8) is 0 Å². The maximum Gasteiger partial charge on any atom is 0.525 e. The van der Waals surface area contributed by atoms with E-state index in [2.05, 4.69) is 0 Å². The third-order valence-electron chi connectivity index (χ3n) is 4.56. The summed E-state index contributed by atoms with van der Waals surface area (Å²) in [6.45, 7) is 8.78. The normalized spacial score (nSPS) is 32.7. The highest BCUT2D eigenvalue weighted by molar-refractivity contribution is 6.53. The van der Waals surface area contributed by atoms with Crippen LogP contribution in [0.4, 0.5) is 13.2 Å². The van der Waals surface area contributed by atoms with Crippen LogP contribution in [0.5, 0.6) is 0 Å². The Bertz CT molecular complexity index is 394. The lowest BCUT2D eigenvalue weighted by molar-refractivity contribution is -0.0205. The number of hydrogen-bond donors (Lipinski definition) is 0.